The maximum atomic E-state index is 11.6. The van der Waals surface area contributed by atoms with Gasteiger partial charge in [-0.1, -0.05) is 0 Å². The van der Waals surface area contributed by atoms with Crippen molar-refractivity contribution in [3.8, 4) is 5.75 Å². The zero-order valence-electron chi connectivity index (χ0n) is 11.9. The van der Waals surface area contributed by atoms with E-state index in [1.807, 2.05) is 0 Å². The van der Waals surface area contributed by atoms with Crippen molar-refractivity contribution in [3.05, 3.63) is 23.8 Å². The molecule has 4 N–H and O–H groups in total. The SMILES string of the molecule is CC(C)(C)OC(=O)Nc1ccc(O)c(COS(N)(=O)=O)c1. The lowest BCUT2D eigenvalue weighted by Gasteiger charge is -2.19. The summed E-state index contributed by atoms with van der Waals surface area (Å²) in [6.45, 7) is 4.70. The number of nitrogens with two attached hydrogens (primary N) is 1. The Hall–Kier alpha value is -1.84. The molecule has 21 heavy (non-hydrogen) atoms. The fourth-order valence-corrected chi connectivity index (χ4v) is 1.64. The Kier molecular flexibility index (Phi) is 5.15. The van der Waals surface area contributed by atoms with Gasteiger partial charge in [0.15, 0.2) is 0 Å². The molecule has 0 saturated carbocycles. The highest BCUT2D eigenvalue weighted by Gasteiger charge is 2.16. The van der Waals surface area contributed by atoms with Crippen LogP contribution in [0.1, 0.15) is 26.3 Å². The van der Waals surface area contributed by atoms with Crippen LogP contribution in [-0.2, 0) is 25.8 Å². The topological polar surface area (TPSA) is 128 Å². The molecule has 0 radical (unpaired) electrons. The quantitative estimate of drug-likeness (QED) is 0.721. The Morgan fingerprint density at radius 1 is 1.38 bits per heavy atom. The van der Waals surface area contributed by atoms with Crippen molar-refractivity contribution in [3.63, 3.8) is 0 Å². The van der Waals surface area contributed by atoms with Gasteiger partial charge < -0.3 is 9.84 Å². The molecule has 0 aliphatic rings. The highest BCUT2D eigenvalue weighted by molar-refractivity contribution is 7.84. The monoisotopic (exact) mass is 318 g/mol. The van der Waals surface area contributed by atoms with Crippen LogP contribution in [0.2, 0.25) is 0 Å². The second-order valence-electron chi connectivity index (χ2n) is 5.23. The zero-order chi connectivity index (χ0) is 16.3. The van der Waals surface area contributed by atoms with Crippen molar-refractivity contribution < 1.29 is 27.2 Å². The smallest absolute Gasteiger partial charge is 0.412 e. The van der Waals surface area contributed by atoms with Gasteiger partial charge in [0.25, 0.3) is 0 Å². The van der Waals surface area contributed by atoms with E-state index >= 15 is 0 Å². The van der Waals surface area contributed by atoms with Gasteiger partial charge in [0, 0.05) is 11.3 Å². The molecule has 0 spiro atoms. The average Bonchev–Trinajstić information content (AvgIpc) is 2.26. The van der Waals surface area contributed by atoms with Gasteiger partial charge in [-0.3, -0.25) is 9.50 Å². The molecule has 0 unspecified atom stereocenters. The summed E-state index contributed by atoms with van der Waals surface area (Å²) in [5, 5.41) is 16.7. The predicted molar refractivity (Wildman–Crippen MR) is 75.9 cm³/mol. The molecule has 118 valence electrons. The molecule has 0 aliphatic carbocycles. The summed E-state index contributed by atoms with van der Waals surface area (Å²) in [5.41, 5.74) is -0.187. The van der Waals surface area contributed by atoms with Gasteiger partial charge in [-0.05, 0) is 39.0 Å². The van der Waals surface area contributed by atoms with Crippen LogP contribution in [0.15, 0.2) is 18.2 Å². The van der Waals surface area contributed by atoms with Gasteiger partial charge in [-0.2, -0.15) is 8.42 Å². The number of carbonyl (C=O) groups excluding carboxylic acids is 1. The van der Waals surface area contributed by atoms with Crippen molar-refractivity contribution >= 4 is 22.1 Å². The highest BCUT2D eigenvalue weighted by Crippen LogP contribution is 2.23. The lowest BCUT2D eigenvalue weighted by molar-refractivity contribution is 0.0636. The number of aromatic hydroxyl groups is 1. The van der Waals surface area contributed by atoms with Crippen LogP contribution in [0.5, 0.6) is 5.75 Å². The third-order valence-electron chi connectivity index (χ3n) is 2.10. The van der Waals surface area contributed by atoms with E-state index in [4.69, 9.17) is 9.88 Å². The fourth-order valence-electron chi connectivity index (χ4n) is 1.35. The van der Waals surface area contributed by atoms with Gasteiger partial charge in [0.05, 0.1) is 6.61 Å². The van der Waals surface area contributed by atoms with Gasteiger partial charge >= 0.3 is 16.4 Å². The van der Waals surface area contributed by atoms with Crippen LogP contribution >= 0.6 is 0 Å². The second kappa shape index (κ2) is 6.29. The number of nitrogens with one attached hydrogen (secondary N) is 1. The summed E-state index contributed by atoms with van der Waals surface area (Å²) < 4.78 is 30.9. The molecule has 0 heterocycles. The number of ether oxygens (including phenoxy) is 1. The molecule has 1 amide bonds. The summed E-state index contributed by atoms with van der Waals surface area (Å²) in [6, 6.07) is 4.07. The molecule has 0 saturated heterocycles. The number of amides is 1. The van der Waals surface area contributed by atoms with E-state index in [0.717, 1.165) is 0 Å². The summed E-state index contributed by atoms with van der Waals surface area (Å²) in [5.74, 6) is -0.187. The van der Waals surface area contributed by atoms with Crippen LogP contribution in [0.4, 0.5) is 10.5 Å². The molecule has 1 aromatic rings. The summed E-state index contributed by atoms with van der Waals surface area (Å²) in [7, 11) is -4.12. The summed E-state index contributed by atoms with van der Waals surface area (Å²) in [4.78, 5) is 11.6. The van der Waals surface area contributed by atoms with Crippen LogP contribution in [0, 0.1) is 0 Å². The molecule has 9 heteroatoms. The number of benzene rings is 1. The molecule has 0 fully saturated rings. The number of phenols is 1. The highest BCUT2D eigenvalue weighted by atomic mass is 32.2. The zero-order valence-corrected chi connectivity index (χ0v) is 12.7. The molecule has 1 aromatic carbocycles. The molecular formula is C12H18N2O6S. The number of hydrogen-bond donors (Lipinski definition) is 3. The molecule has 8 nitrogen and oxygen atoms in total. The predicted octanol–water partition coefficient (Wildman–Crippen LogP) is 1.46. The average molecular weight is 318 g/mol. The minimum absolute atomic E-state index is 0.151. The Morgan fingerprint density at radius 2 is 2.00 bits per heavy atom. The Bertz CT molecular complexity index is 621. The third kappa shape index (κ3) is 6.93. The van der Waals surface area contributed by atoms with E-state index in [9.17, 15) is 18.3 Å². The fraction of sp³-hybridized carbons (Fsp3) is 0.417. The molecule has 0 aromatic heterocycles. The van der Waals surface area contributed by atoms with Crippen molar-refractivity contribution in [2.24, 2.45) is 5.14 Å². The first kappa shape index (κ1) is 17.2. The summed E-state index contributed by atoms with van der Waals surface area (Å²) >= 11 is 0. The van der Waals surface area contributed by atoms with Crippen molar-refractivity contribution in [1.29, 1.82) is 0 Å². The standard InChI is InChI=1S/C12H18N2O6S/c1-12(2,3)20-11(16)14-9-4-5-10(15)8(6-9)7-19-21(13,17)18/h4-6,15H,7H2,1-3H3,(H,14,16)(H2,13,17,18). The first-order chi connectivity index (χ1) is 9.46. The Labute approximate surface area is 123 Å². The van der Waals surface area contributed by atoms with Gasteiger partial charge in [-0.25, -0.2) is 9.93 Å². The number of phenolic OH excluding ortho intramolecular Hbond substituents is 1. The maximum absolute atomic E-state index is 11.6. The molecule has 0 bridgehead atoms. The van der Waals surface area contributed by atoms with Crippen molar-refractivity contribution in [2.75, 3.05) is 5.32 Å². The Morgan fingerprint density at radius 3 is 2.52 bits per heavy atom. The molecule has 0 aliphatic heterocycles. The maximum Gasteiger partial charge on any atom is 0.412 e. The van der Waals surface area contributed by atoms with Gasteiger partial charge in [0.1, 0.15) is 11.4 Å². The van der Waals surface area contributed by atoms with Gasteiger partial charge in [-0.15, -0.1) is 0 Å². The Balaban J connectivity index is 2.79. The van der Waals surface area contributed by atoms with Crippen molar-refractivity contribution in [1.82, 2.24) is 0 Å². The number of carbonyl (C=O) groups is 1. The largest absolute Gasteiger partial charge is 0.508 e. The number of anilines is 1. The first-order valence-corrected chi connectivity index (χ1v) is 7.42. The first-order valence-electron chi connectivity index (χ1n) is 5.95. The van der Waals surface area contributed by atoms with E-state index in [1.165, 1.54) is 18.2 Å². The van der Waals surface area contributed by atoms with Crippen LogP contribution in [0.3, 0.4) is 0 Å². The van der Waals surface area contributed by atoms with Crippen LogP contribution in [0.25, 0.3) is 0 Å². The van der Waals surface area contributed by atoms with E-state index < -0.39 is 28.6 Å². The van der Waals surface area contributed by atoms with Crippen LogP contribution in [-0.4, -0.2) is 25.2 Å². The third-order valence-corrected chi connectivity index (χ3v) is 2.55. The molecule has 1 rings (SSSR count). The lowest BCUT2D eigenvalue weighted by Crippen LogP contribution is -2.27. The minimum atomic E-state index is -4.12. The number of rotatable bonds is 4. The minimum Gasteiger partial charge on any atom is -0.508 e. The van der Waals surface area contributed by atoms with Gasteiger partial charge in [0.2, 0.25) is 0 Å². The molecular weight excluding hydrogens is 300 g/mol. The van der Waals surface area contributed by atoms with Crippen molar-refractivity contribution in [2.45, 2.75) is 33.0 Å². The van der Waals surface area contributed by atoms with E-state index in [2.05, 4.69) is 9.50 Å². The second-order valence-corrected chi connectivity index (χ2v) is 6.45. The lowest BCUT2D eigenvalue weighted by atomic mass is 10.2. The molecule has 0 atom stereocenters. The number of hydrogen-bond acceptors (Lipinski definition) is 6. The van der Waals surface area contributed by atoms with E-state index in [0.29, 0.717) is 5.69 Å². The summed E-state index contributed by atoms with van der Waals surface area (Å²) in [6.07, 6.45) is -0.675. The van der Waals surface area contributed by atoms with E-state index in [1.54, 1.807) is 20.8 Å². The van der Waals surface area contributed by atoms with E-state index in [-0.39, 0.29) is 11.3 Å². The normalized spacial score (nSPS) is 12.0. The van der Waals surface area contributed by atoms with Crippen LogP contribution < -0.4 is 10.5 Å².